The SMILES string of the molecule is Cc1[nH]c2ccc(F)cc2c1CC(=O)N1CCO[C@@H](C(=O)O)C1. The number of aryl methyl sites for hydroxylation is 1. The van der Waals surface area contributed by atoms with Gasteiger partial charge in [0, 0.05) is 23.1 Å². The highest BCUT2D eigenvalue weighted by atomic mass is 19.1. The van der Waals surface area contributed by atoms with E-state index in [2.05, 4.69) is 4.98 Å². The minimum Gasteiger partial charge on any atom is -0.479 e. The number of aliphatic carboxylic acids is 1. The van der Waals surface area contributed by atoms with Gasteiger partial charge in [-0.1, -0.05) is 0 Å². The molecule has 1 aliphatic rings. The van der Waals surface area contributed by atoms with Crippen LogP contribution in [-0.2, 0) is 20.7 Å². The number of hydrogen-bond acceptors (Lipinski definition) is 3. The van der Waals surface area contributed by atoms with Gasteiger partial charge in [-0.25, -0.2) is 9.18 Å². The molecule has 122 valence electrons. The molecule has 1 aromatic heterocycles. The van der Waals surface area contributed by atoms with Gasteiger partial charge in [0.25, 0.3) is 0 Å². The molecule has 2 heterocycles. The summed E-state index contributed by atoms with van der Waals surface area (Å²) >= 11 is 0. The van der Waals surface area contributed by atoms with Gasteiger partial charge in [-0.3, -0.25) is 4.79 Å². The summed E-state index contributed by atoms with van der Waals surface area (Å²) in [6, 6.07) is 4.41. The topological polar surface area (TPSA) is 82.6 Å². The maximum atomic E-state index is 13.5. The number of fused-ring (bicyclic) bond motifs is 1. The second-order valence-electron chi connectivity index (χ2n) is 5.63. The summed E-state index contributed by atoms with van der Waals surface area (Å²) in [5.74, 6) is -1.62. The summed E-state index contributed by atoms with van der Waals surface area (Å²) in [4.78, 5) is 28.1. The predicted molar refractivity (Wildman–Crippen MR) is 80.7 cm³/mol. The molecule has 23 heavy (non-hydrogen) atoms. The van der Waals surface area contributed by atoms with Crippen molar-refractivity contribution in [3.05, 3.63) is 35.3 Å². The lowest BCUT2D eigenvalue weighted by Crippen LogP contribution is -2.49. The molecule has 1 atom stereocenters. The molecule has 1 aliphatic heterocycles. The van der Waals surface area contributed by atoms with Crippen LogP contribution in [0.15, 0.2) is 18.2 Å². The molecule has 0 unspecified atom stereocenters. The number of nitrogens with zero attached hydrogens (tertiary/aromatic N) is 1. The Hall–Kier alpha value is -2.41. The Labute approximate surface area is 131 Å². The molecule has 3 rings (SSSR count). The number of ether oxygens (including phenoxy) is 1. The molecule has 1 fully saturated rings. The Balaban J connectivity index is 1.81. The molecule has 0 radical (unpaired) electrons. The van der Waals surface area contributed by atoms with Crippen molar-refractivity contribution in [1.82, 2.24) is 9.88 Å². The number of rotatable bonds is 3. The van der Waals surface area contributed by atoms with Crippen LogP contribution in [0.4, 0.5) is 4.39 Å². The minimum absolute atomic E-state index is 0.0317. The number of morpholine rings is 1. The van der Waals surface area contributed by atoms with Gasteiger partial charge in [-0.2, -0.15) is 0 Å². The molecule has 7 heteroatoms. The van der Waals surface area contributed by atoms with E-state index in [9.17, 15) is 14.0 Å². The molecule has 2 N–H and O–H groups in total. The molecule has 0 saturated carbocycles. The zero-order valence-electron chi connectivity index (χ0n) is 12.6. The van der Waals surface area contributed by atoms with Gasteiger partial charge in [0.05, 0.1) is 19.6 Å². The van der Waals surface area contributed by atoms with Crippen LogP contribution in [0.2, 0.25) is 0 Å². The number of benzene rings is 1. The number of halogens is 1. The van der Waals surface area contributed by atoms with Crippen molar-refractivity contribution in [2.45, 2.75) is 19.4 Å². The number of H-pyrrole nitrogens is 1. The fraction of sp³-hybridized carbons (Fsp3) is 0.375. The van der Waals surface area contributed by atoms with Crippen molar-refractivity contribution in [3.8, 4) is 0 Å². The highest BCUT2D eigenvalue weighted by Crippen LogP contribution is 2.24. The van der Waals surface area contributed by atoms with Gasteiger partial charge in [-0.05, 0) is 30.7 Å². The number of nitrogens with one attached hydrogen (secondary N) is 1. The van der Waals surface area contributed by atoms with Crippen molar-refractivity contribution in [2.75, 3.05) is 19.7 Å². The van der Waals surface area contributed by atoms with Crippen LogP contribution in [0, 0.1) is 12.7 Å². The summed E-state index contributed by atoms with van der Waals surface area (Å²) in [7, 11) is 0. The standard InChI is InChI=1S/C16H17FN2O4/c1-9-11(12-6-10(17)2-3-13(12)18-9)7-15(20)19-4-5-23-14(8-19)16(21)22/h2-3,6,14,18H,4-5,7-8H2,1H3,(H,21,22)/t14-/m1/s1. The fourth-order valence-corrected chi connectivity index (χ4v) is 2.87. The van der Waals surface area contributed by atoms with Crippen LogP contribution in [0.5, 0.6) is 0 Å². The lowest BCUT2D eigenvalue weighted by atomic mass is 10.1. The van der Waals surface area contributed by atoms with Gasteiger partial charge in [0.2, 0.25) is 5.91 Å². The third kappa shape index (κ3) is 3.05. The number of carboxylic acids is 1. The van der Waals surface area contributed by atoms with Crippen molar-refractivity contribution in [3.63, 3.8) is 0 Å². The number of amides is 1. The number of aromatic amines is 1. The predicted octanol–water partition coefficient (Wildman–Crippen LogP) is 1.47. The maximum Gasteiger partial charge on any atom is 0.334 e. The Morgan fingerprint density at radius 2 is 2.26 bits per heavy atom. The number of carbonyl (C=O) groups excluding carboxylic acids is 1. The molecular formula is C16H17FN2O4. The van der Waals surface area contributed by atoms with E-state index in [0.29, 0.717) is 11.9 Å². The van der Waals surface area contributed by atoms with E-state index >= 15 is 0 Å². The van der Waals surface area contributed by atoms with E-state index in [1.807, 2.05) is 6.92 Å². The first kappa shape index (κ1) is 15.5. The summed E-state index contributed by atoms with van der Waals surface area (Å²) in [5, 5.41) is 9.68. The van der Waals surface area contributed by atoms with Crippen LogP contribution in [0.3, 0.4) is 0 Å². The van der Waals surface area contributed by atoms with Crippen molar-refractivity contribution < 1.29 is 23.8 Å². The fourth-order valence-electron chi connectivity index (χ4n) is 2.87. The van der Waals surface area contributed by atoms with Crippen molar-refractivity contribution in [2.24, 2.45) is 0 Å². The van der Waals surface area contributed by atoms with E-state index in [-0.39, 0.29) is 31.3 Å². The Bertz CT molecular complexity index is 771. The summed E-state index contributed by atoms with van der Waals surface area (Å²) in [6.07, 6.45) is -0.893. The smallest absolute Gasteiger partial charge is 0.334 e. The molecule has 1 saturated heterocycles. The lowest BCUT2D eigenvalue weighted by Gasteiger charge is -2.31. The number of carbonyl (C=O) groups is 2. The second kappa shape index (κ2) is 6.00. The molecule has 0 spiro atoms. The summed E-state index contributed by atoms with van der Waals surface area (Å²) in [6.45, 7) is 2.42. The van der Waals surface area contributed by atoms with Crippen LogP contribution in [-0.4, -0.2) is 52.7 Å². The third-order valence-electron chi connectivity index (χ3n) is 4.10. The Morgan fingerprint density at radius 3 is 3.00 bits per heavy atom. The molecule has 1 aromatic carbocycles. The largest absolute Gasteiger partial charge is 0.479 e. The van der Waals surface area contributed by atoms with Gasteiger partial charge >= 0.3 is 5.97 Å². The molecule has 6 nitrogen and oxygen atoms in total. The number of hydrogen-bond donors (Lipinski definition) is 2. The third-order valence-corrected chi connectivity index (χ3v) is 4.10. The van der Waals surface area contributed by atoms with E-state index in [1.54, 1.807) is 6.07 Å². The van der Waals surface area contributed by atoms with Gasteiger partial charge in [-0.15, -0.1) is 0 Å². The van der Waals surface area contributed by atoms with E-state index < -0.39 is 12.1 Å². The monoisotopic (exact) mass is 320 g/mol. The molecule has 0 aliphatic carbocycles. The molecule has 2 aromatic rings. The van der Waals surface area contributed by atoms with E-state index in [0.717, 1.165) is 16.8 Å². The average molecular weight is 320 g/mol. The Morgan fingerprint density at radius 1 is 1.48 bits per heavy atom. The summed E-state index contributed by atoms with van der Waals surface area (Å²) < 4.78 is 18.6. The van der Waals surface area contributed by atoms with Gasteiger partial charge < -0.3 is 19.7 Å². The van der Waals surface area contributed by atoms with Crippen LogP contribution in [0.25, 0.3) is 10.9 Å². The minimum atomic E-state index is -1.08. The van der Waals surface area contributed by atoms with Gasteiger partial charge in [0.1, 0.15) is 5.82 Å². The molecule has 0 bridgehead atoms. The second-order valence-corrected chi connectivity index (χ2v) is 5.63. The zero-order chi connectivity index (χ0) is 16.6. The van der Waals surface area contributed by atoms with E-state index in [1.165, 1.54) is 17.0 Å². The first-order valence-electron chi connectivity index (χ1n) is 7.34. The Kier molecular flexibility index (Phi) is 4.04. The van der Waals surface area contributed by atoms with Crippen molar-refractivity contribution >= 4 is 22.8 Å². The van der Waals surface area contributed by atoms with Crippen LogP contribution in [0.1, 0.15) is 11.3 Å². The zero-order valence-corrected chi connectivity index (χ0v) is 12.6. The lowest BCUT2D eigenvalue weighted by molar-refractivity contribution is -0.159. The first-order valence-corrected chi connectivity index (χ1v) is 7.34. The van der Waals surface area contributed by atoms with Crippen LogP contribution < -0.4 is 0 Å². The first-order chi connectivity index (χ1) is 11.0. The van der Waals surface area contributed by atoms with Crippen molar-refractivity contribution in [1.29, 1.82) is 0 Å². The highest BCUT2D eigenvalue weighted by molar-refractivity contribution is 5.90. The number of carboxylic acid groups (broad SMARTS) is 1. The molecule has 1 amide bonds. The normalized spacial score (nSPS) is 18.3. The molecular weight excluding hydrogens is 303 g/mol. The van der Waals surface area contributed by atoms with E-state index in [4.69, 9.17) is 9.84 Å². The highest BCUT2D eigenvalue weighted by Gasteiger charge is 2.29. The van der Waals surface area contributed by atoms with Gasteiger partial charge in [0.15, 0.2) is 6.10 Å². The van der Waals surface area contributed by atoms with Crippen LogP contribution >= 0.6 is 0 Å². The summed E-state index contributed by atoms with van der Waals surface area (Å²) in [5.41, 5.74) is 2.32. The average Bonchev–Trinajstić information content (AvgIpc) is 2.83. The quantitative estimate of drug-likeness (QED) is 0.897. The maximum absolute atomic E-state index is 13.5. The number of aromatic nitrogens is 1.